The zero-order valence-electron chi connectivity index (χ0n) is 17.7. The molecule has 164 valence electrons. The highest BCUT2D eigenvalue weighted by molar-refractivity contribution is 5.96. The molecule has 0 radical (unpaired) electrons. The number of aryl methyl sites for hydroxylation is 1. The molecule has 0 aliphatic heterocycles. The summed E-state index contributed by atoms with van der Waals surface area (Å²) in [5, 5.41) is 0. The standard InChI is InChI=1S/C23H26FN3O4/c1-25-11-5-7-18(25)15-27(16-19-8-6-13-31-19)22(28)17-26(12-14-30-2)23(29)20-9-3-4-10-21(20)24/h3-11,13H,12,14-17H2,1-2H3. The van der Waals surface area contributed by atoms with Crippen LogP contribution >= 0.6 is 0 Å². The van der Waals surface area contributed by atoms with E-state index in [4.69, 9.17) is 9.15 Å². The Balaban J connectivity index is 1.80. The Labute approximate surface area is 180 Å². The summed E-state index contributed by atoms with van der Waals surface area (Å²) in [5.41, 5.74) is 0.857. The van der Waals surface area contributed by atoms with E-state index in [9.17, 15) is 14.0 Å². The molecular weight excluding hydrogens is 401 g/mol. The van der Waals surface area contributed by atoms with Gasteiger partial charge in [-0.2, -0.15) is 0 Å². The number of halogens is 1. The largest absolute Gasteiger partial charge is 0.467 e. The van der Waals surface area contributed by atoms with E-state index in [0.717, 1.165) is 5.69 Å². The average molecular weight is 427 g/mol. The van der Waals surface area contributed by atoms with Gasteiger partial charge in [-0.05, 0) is 36.4 Å². The molecule has 1 aromatic carbocycles. The van der Waals surface area contributed by atoms with Crippen molar-refractivity contribution >= 4 is 11.8 Å². The van der Waals surface area contributed by atoms with Gasteiger partial charge in [0, 0.05) is 32.6 Å². The van der Waals surface area contributed by atoms with Crippen LogP contribution in [-0.2, 0) is 29.7 Å². The van der Waals surface area contributed by atoms with Crippen molar-refractivity contribution in [3.8, 4) is 0 Å². The first-order chi connectivity index (χ1) is 15.0. The van der Waals surface area contributed by atoms with Crippen molar-refractivity contribution in [3.05, 3.63) is 83.8 Å². The molecule has 0 bridgehead atoms. The monoisotopic (exact) mass is 427 g/mol. The van der Waals surface area contributed by atoms with Crippen molar-refractivity contribution in [3.63, 3.8) is 0 Å². The summed E-state index contributed by atoms with van der Waals surface area (Å²) in [6.07, 6.45) is 3.45. The first-order valence-electron chi connectivity index (χ1n) is 9.92. The molecule has 3 aromatic rings. The number of benzene rings is 1. The minimum atomic E-state index is -0.626. The maximum atomic E-state index is 14.2. The van der Waals surface area contributed by atoms with E-state index in [1.165, 1.54) is 30.2 Å². The Hall–Kier alpha value is -3.39. The van der Waals surface area contributed by atoms with Crippen molar-refractivity contribution in [2.45, 2.75) is 13.1 Å². The Morgan fingerprint density at radius 2 is 1.87 bits per heavy atom. The molecular formula is C23H26FN3O4. The number of hydrogen-bond acceptors (Lipinski definition) is 4. The molecule has 0 aliphatic rings. The summed E-state index contributed by atoms with van der Waals surface area (Å²) in [6.45, 7) is 0.775. The van der Waals surface area contributed by atoms with Crippen molar-refractivity contribution in [1.82, 2.24) is 14.4 Å². The number of rotatable bonds is 10. The van der Waals surface area contributed by atoms with Gasteiger partial charge in [-0.1, -0.05) is 12.1 Å². The van der Waals surface area contributed by atoms with Gasteiger partial charge >= 0.3 is 0 Å². The minimum Gasteiger partial charge on any atom is -0.467 e. The summed E-state index contributed by atoms with van der Waals surface area (Å²) >= 11 is 0. The maximum absolute atomic E-state index is 14.2. The first kappa shape index (κ1) is 22.3. The normalized spacial score (nSPS) is 10.8. The third-order valence-corrected chi connectivity index (χ3v) is 4.97. The van der Waals surface area contributed by atoms with Crippen LogP contribution in [0.15, 0.2) is 65.4 Å². The van der Waals surface area contributed by atoms with Gasteiger partial charge in [0.2, 0.25) is 5.91 Å². The quantitative estimate of drug-likeness (QED) is 0.499. The molecule has 8 heteroatoms. The second kappa shape index (κ2) is 10.6. The number of methoxy groups -OCH3 is 1. The van der Waals surface area contributed by atoms with E-state index >= 15 is 0 Å². The molecule has 0 atom stereocenters. The van der Waals surface area contributed by atoms with Crippen LogP contribution in [0, 0.1) is 5.82 Å². The highest BCUT2D eigenvalue weighted by Crippen LogP contribution is 2.14. The maximum Gasteiger partial charge on any atom is 0.257 e. The number of aromatic nitrogens is 1. The number of carbonyl (C=O) groups excluding carboxylic acids is 2. The third kappa shape index (κ3) is 5.82. The van der Waals surface area contributed by atoms with Gasteiger partial charge < -0.3 is 23.5 Å². The topological polar surface area (TPSA) is 67.9 Å². The van der Waals surface area contributed by atoms with Crippen molar-refractivity contribution in [1.29, 1.82) is 0 Å². The van der Waals surface area contributed by atoms with Crippen LogP contribution in [0.3, 0.4) is 0 Å². The number of carbonyl (C=O) groups is 2. The fourth-order valence-corrected chi connectivity index (χ4v) is 3.20. The predicted molar refractivity (Wildman–Crippen MR) is 113 cm³/mol. The van der Waals surface area contributed by atoms with Crippen LogP contribution < -0.4 is 0 Å². The van der Waals surface area contributed by atoms with Gasteiger partial charge in [0.1, 0.15) is 18.1 Å². The lowest BCUT2D eigenvalue weighted by Gasteiger charge is -2.27. The van der Waals surface area contributed by atoms with Crippen molar-refractivity contribution < 1.29 is 23.1 Å². The molecule has 0 N–H and O–H groups in total. The molecule has 31 heavy (non-hydrogen) atoms. The number of ether oxygens (including phenoxy) is 1. The van der Waals surface area contributed by atoms with Crippen LogP contribution in [0.1, 0.15) is 21.8 Å². The zero-order chi connectivity index (χ0) is 22.2. The fraction of sp³-hybridized carbons (Fsp3) is 0.304. The van der Waals surface area contributed by atoms with Crippen LogP contribution in [-0.4, -0.2) is 53.0 Å². The molecule has 0 fully saturated rings. The summed E-state index contributed by atoms with van der Waals surface area (Å²) in [4.78, 5) is 29.1. The summed E-state index contributed by atoms with van der Waals surface area (Å²) in [7, 11) is 3.41. The van der Waals surface area contributed by atoms with Crippen molar-refractivity contribution in [2.75, 3.05) is 26.8 Å². The lowest BCUT2D eigenvalue weighted by atomic mass is 10.2. The molecule has 0 aliphatic carbocycles. The van der Waals surface area contributed by atoms with Crippen LogP contribution in [0.2, 0.25) is 0 Å². The molecule has 7 nitrogen and oxygen atoms in total. The van der Waals surface area contributed by atoms with E-state index in [1.54, 1.807) is 29.4 Å². The highest BCUT2D eigenvalue weighted by Gasteiger charge is 2.25. The molecule has 0 unspecified atom stereocenters. The fourth-order valence-electron chi connectivity index (χ4n) is 3.20. The lowest BCUT2D eigenvalue weighted by molar-refractivity contribution is -0.133. The van der Waals surface area contributed by atoms with E-state index in [-0.39, 0.29) is 37.7 Å². The van der Waals surface area contributed by atoms with Crippen LogP contribution in [0.25, 0.3) is 0 Å². The number of hydrogen-bond donors (Lipinski definition) is 0. The molecule has 2 aromatic heterocycles. The van der Waals surface area contributed by atoms with E-state index in [0.29, 0.717) is 12.3 Å². The Bertz CT molecular complexity index is 1000. The van der Waals surface area contributed by atoms with E-state index in [1.807, 2.05) is 29.9 Å². The Morgan fingerprint density at radius 1 is 1.06 bits per heavy atom. The number of amides is 2. The van der Waals surface area contributed by atoms with Gasteiger partial charge in [-0.25, -0.2) is 4.39 Å². The van der Waals surface area contributed by atoms with Crippen molar-refractivity contribution in [2.24, 2.45) is 7.05 Å². The highest BCUT2D eigenvalue weighted by atomic mass is 19.1. The molecule has 2 heterocycles. The molecule has 2 amide bonds. The Morgan fingerprint density at radius 3 is 2.52 bits per heavy atom. The molecule has 0 spiro atoms. The summed E-state index contributed by atoms with van der Waals surface area (Å²) in [5.74, 6) is -0.830. The number of furan rings is 1. The SMILES string of the molecule is COCCN(CC(=O)N(Cc1ccco1)Cc1cccn1C)C(=O)c1ccccc1F. The second-order valence-electron chi connectivity index (χ2n) is 7.14. The van der Waals surface area contributed by atoms with Gasteiger partial charge in [-0.15, -0.1) is 0 Å². The van der Waals surface area contributed by atoms with Gasteiger partial charge in [0.05, 0.1) is 31.5 Å². The molecule has 0 saturated carbocycles. The van der Waals surface area contributed by atoms with E-state index < -0.39 is 11.7 Å². The summed E-state index contributed by atoms with van der Waals surface area (Å²) in [6, 6.07) is 13.1. The summed E-state index contributed by atoms with van der Waals surface area (Å²) < 4.78 is 26.6. The predicted octanol–water partition coefficient (Wildman–Crippen LogP) is 3.07. The average Bonchev–Trinajstić information content (AvgIpc) is 3.42. The number of nitrogens with zero attached hydrogens (tertiary/aromatic N) is 3. The van der Waals surface area contributed by atoms with Gasteiger partial charge in [0.15, 0.2) is 0 Å². The minimum absolute atomic E-state index is 0.0774. The van der Waals surface area contributed by atoms with Crippen LogP contribution in [0.4, 0.5) is 4.39 Å². The van der Waals surface area contributed by atoms with Crippen LogP contribution in [0.5, 0.6) is 0 Å². The van der Waals surface area contributed by atoms with Gasteiger partial charge in [0.25, 0.3) is 5.91 Å². The Kier molecular flexibility index (Phi) is 7.61. The molecule has 0 saturated heterocycles. The first-order valence-corrected chi connectivity index (χ1v) is 9.92. The van der Waals surface area contributed by atoms with E-state index in [2.05, 4.69) is 0 Å². The third-order valence-electron chi connectivity index (χ3n) is 4.97. The van der Waals surface area contributed by atoms with Gasteiger partial charge in [-0.3, -0.25) is 9.59 Å². The zero-order valence-corrected chi connectivity index (χ0v) is 17.7. The molecule has 3 rings (SSSR count). The second-order valence-corrected chi connectivity index (χ2v) is 7.14. The lowest BCUT2D eigenvalue weighted by Crippen LogP contribution is -2.44. The smallest absolute Gasteiger partial charge is 0.257 e.